The van der Waals surface area contributed by atoms with Crippen molar-refractivity contribution in [2.24, 2.45) is 11.8 Å². The van der Waals surface area contributed by atoms with E-state index in [-0.39, 0.29) is 35.7 Å². The first-order valence-electron chi connectivity index (χ1n) is 19.8. The van der Waals surface area contributed by atoms with Crippen molar-refractivity contribution in [3.8, 4) is 33.6 Å². The molecule has 4 N–H and O–H groups in total. The van der Waals surface area contributed by atoms with Crippen LogP contribution in [0.15, 0.2) is 48.8 Å². The first kappa shape index (κ1) is 40.4. The van der Waals surface area contributed by atoms with Gasteiger partial charge in [-0.15, -0.1) is 11.3 Å². The third-order valence-electron chi connectivity index (χ3n) is 11.1. The lowest BCUT2D eigenvalue weighted by atomic mass is 10.00. The normalized spacial score (nSPS) is 17.9. The van der Waals surface area contributed by atoms with Crippen LogP contribution in [-0.4, -0.2) is 98.1 Å². The van der Waals surface area contributed by atoms with Crippen molar-refractivity contribution in [3.05, 3.63) is 65.4 Å². The number of ether oxygens (including phenoxy) is 2. The van der Waals surface area contributed by atoms with Crippen LogP contribution in [0.4, 0.5) is 9.59 Å². The Morgan fingerprint density at radius 3 is 1.72 bits per heavy atom. The first-order chi connectivity index (χ1) is 27.9. The van der Waals surface area contributed by atoms with E-state index in [0.717, 1.165) is 74.5 Å². The van der Waals surface area contributed by atoms with Gasteiger partial charge in [0.1, 0.15) is 23.7 Å². The molecule has 15 nitrogen and oxygen atoms in total. The Bertz CT molecular complexity index is 2300. The molecule has 0 spiro atoms. The molecule has 3 aromatic heterocycles. The second-order valence-electron chi connectivity index (χ2n) is 15.6. The highest BCUT2D eigenvalue weighted by Gasteiger charge is 2.39. The summed E-state index contributed by atoms with van der Waals surface area (Å²) in [5.41, 5.74) is 6.52. The van der Waals surface area contributed by atoms with Gasteiger partial charge in [0.05, 0.1) is 65.3 Å². The van der Waals surface area contributed by atoms with Crippen LogP contribution in [0.5, 0.6) is 0 Å². The van der Waals surface area contributed by atoms with Crippen LogP contribution in [0.1, 0.15) is 82.1 Å². The molecule has 0 bridgehead atoms. The van der Waals surface area contributed by atoms with Gasteiger partial charge in [-0.2, -0.15) is 0 Å². The van der Waals surface area contributed by atoms with Crippen LogP contribution in [-0.2, 0) is 19.1 Å². The highest BCUT2D eigenvalue weighted by molar-refractivity contribution is 7.19. The summed E-state index contributed by atoms with van der Waals surface area (Å²) in [6.45, 7) is 10.8. The minimum atomic E-state index is -0.708. The van der Waals surface area contributed by atoms with Gasteiger partial charge in [0.25, 0.3) is 0 Å². The maximum absolute atomic E-state index is 13.7. The van der Waals surface area contributed by atoms with Crippen LogP contribution in [0.2, 0.25) is 0 Å². The lowest BCUT2D eigenvalue weighted by Gasteiger charge is -2.30. The van der Waals surface area contributed by atoms with Gasteiger partial charge in [0.2, 0.25) is 11.8 Å². The predicted molar refractivity (Wildman–Crippen MR) is 221 cm³/mol. The van der Waals surface area contributed by atoms with Crippen molar-refractivity contribution in [1.29, 1.82) is 0 Å². The molecule has 2 fully saturated rings. The lowest BCUT2D eigenvalue weighted by Crippen LogP contribution is -2.51. The van der Waals surface area contributed by atoms with Crippen LogP contribution >= 0.6 is 11.3 Å². The zero-order valence-corrected chi connectivity index (χ0v) is 34.7. The van der Waals surface area contributed by atoms with Crippen molar-refractivity contribution in [1.82, 2.24) is 45.4 Å². The number of H-pyrrole nitrogens is 2. The minimum Gasteiger partial charge on any atom is -0.453 e. The number of likely N-dealkylation sites (tertiary alicyclic amines) is 2. The summed E-state index contributed by atoms with van der Waals surface area (Å²) in [6, 6.07) is 10.6. The van der Waals surface area contributed by atoms with Gasteiger partial charge in [0, 0.05) is 24.2 Å². The number of benzene rings is 2. The first-order valence-corrected chi connectivity index (χ1v) is 20.6. The molecule has 2 aliphatic heterocycles. The average molecular weight is 810 g/mol. The molecule has 2 saturated heterocycles. The van der Waals surface area contributed by atoms with Crippen LogP contribution in [0, 0.1) is 18.8 Å². The lowest BCUT2D eigenvalue weighted by molar-refractivity contribution is -0.136. The van der Waals surface area contributed by atoms with E-state index in [4.69, 9.17) is 24.4 Å². The Morgan fingerprint density at radius 2 is 1.21 bits per heavy atom. The van der Waals surface area contributed by atoms with Gasteiger partial charge in [0.15, 0.2) is 0 Å². The third-order valence-corrected chi connectivity index (χ3v) is 12.1. The Kier molecular flexibility index (Phi) is 11.8. The van der Waals surface area contributed by atoms with E-state index in [9.17, 15) is 19.2 Å². The summed E-state index contributed by atoms with van der Waals surface area (Å²) >= 11 is 1.64. The van der Waals surface area contributed by atoms with Gasteiger partial charge in [-0.1, -0.05) is 58.0 Å². The smallest absolute Gasteiger partial charge is 0.407 e. The summed E-state index contributed by atoms with van der Waals surface area (Å²) in [6.07, 6.45) is 5.55. The number of imidazole rings is 2. The summed E-state index contributed by atoms with van der Waals surface area (Å²) in [7, 11) is 2.58. The summed E-state index contributed by atoms with van der Waals surface area (Å²) in [5.74, 6) is 0.882. The molecule has 0 unspecified atom stereocenters. The van der Waals surface area contributed by atoms with Gasteiger partial charge < -0.3 is 39.9 Å². The van der Waals surface area contributed by atoms with E-state index in [1.807, 2.05) is 50.6 Å². The van der Waals surface area contributed by atoms with E-state index >= 15 is 0 Å². The van der Waals surface area contributed by atoms with E-state index < -0.39 is 24.3 Å². The summed E-state index contributed by atoms with van der Waals surface area (Å²) in [4.78, 5) is 76.3. The zero-order valence-electron chi connectivity index (χ0n) is 33.9. The van der Waals surface area contributed by atoms with Crippen molar-refractivity contribution in [3.63, 3.8) is 0 Å². The van der Waals surface area contributed by atoms with Gasteiger partial charge in [-0.05, 0) is 61.6 Å². The number of fused-ring (bicyclic) bond motifs is 1. The van der Waals surface area contributed by atoms with Gasteiger partial charge in [-0.25, -0.2) is 24.5 Å². The number of carbonyl (C=O) groups excluding carboxylic acids is 4. The highest BCUT2D eigenvalue weighted by Crippen LogP contribution is 2.40. The largest absolute Gasteiger partial charge is 0.453 e. The zero-order chi connectivity index (χ0) is 41.2. The molecule has 5 aromatic rings. The number of nitrogens with zero attached hydrogens (tertiary/aromatic N) is 5. The van der Waals surface area contributed by atoms with E-state index in [1.165, 1.54) is 14.2 Å². The van der Waals surface area contributed by atoms with Crippen LogP contribution in [0.3, 0.4) is 0 Å². The Labute approximate surface area is 341 Å². The predicted octanol–water partition coefficient (Wildman–Crippen LogP) is 7.14. The molecule has 16 heteroatoms. The number of aromatic nitrogens is 5. The summed E-state index contributed by atoms with van der Waals surface area (Å²) in [5, 5.41) is 6.35. The molecular formula is C42H51N9O6S. The van der Waals surface area contributed by atoms with Crippen molar-refractivity contribution in [2.45, 2.75) is 84.5 Å². The molecule has 4 amide bonds. The number of carbonyl (C=O) groups is 4. The quantitative estimate of drug-likeness (QED) is 0.108. The van der Waals surface area contributed by atoms with Crippen LogP contribution < -0.4 is 10.6 Å². The molecule has 5 heterocycles. The Hall–Kier alpha value is -5.77. The monoisotopic (exact) mass is 809 g/mol. The number of aromatic amines is 2. The number of amides is 4. The second-order valence-corrected chi connectivity index (χ2v) is 16.8. The SMILES string of the molecule is COC(=O)N[C@H](C(=O)N1CCC[C@H]1c1ncc(-c2ccc(-c3ccc(-c4cnc([C@@H]5CCCN5C(=O)[C@@H](NC(=O)OC)C(C)C)[nH]4)c4nc(C)sc34)cc2)[nH]1)C(C)C. The molecule has 0 aliphatic carbocycles. The minimum absolute atomic E-state index is 0.113. The molecule has 2 aliphatic rings. The Balaban J connectivity index is 1.09. The van der Waals surface area contributed by atoms with Gasteiger partial charge >= 0.3 is 12.2 Å². The summed E-state index contributed by atoms with van der Waals surface area (Å²) < 4.78 is 10.6. The average Bonchev–Trinajstić information content (AvgIpc) is 4.06. The fourth-order valence-corrected chi connectivity index (χ4v) is 9.05. The molecule has 0 radical (unpaired) electrons. The number of methoxy groups -OCH3 is 2. The fourth-order valence-electron chi connectivity index (χ4n) is 8.07. The standard InChI is InChI=1S/C42H51N9O6S/c1-22(2)33(48-41(54)56-6)39(52)50-18-8-10-31(50)37-43-20-29(46-37)26-14-12-25(13-15-26)27-16-17-28(35-36(27)58-24(5)45-35)30-21-44-38(47-30)32-11-9-19-51(32)40(53)34(23(3)4)49-42(55)57-7/h12-17,20-23,31-34H,8-11,18-19H2,1-7H3,(H,43,46)(H,44,47)(H,48,54)(H,49,55)/t31-,32-,33-,34-/m0/s1. The third kappa shape index (κ3) is 8.02. The van der Waals surface area contributed by atoms with Crippen LogP contribution in [0.25, 0.3) is 43.9 Å². The molecule has 4 atom stereocenters. The maximum Gasteiger partial charge on any atom is 0.407 e. The van der Waals surface area contributed by atoms with Crippen molar-refractivity contribution in [2.75, 3.05) is 27.3 Å². The van der Waals surface area contributed by atoms with E-state index in [2.05, 4.69) is 57.0 Å². The van der Waals surface area contributed by atoms with E-state index in [0.29, 0.717) is 24.7 Å². The molecular weight excluding hydrogens is 759 g/mol. The molecule has 7 rings (SSSR count). The Morgan fingerprint density at radius 1 is 0.724 bits per heavy atom. The number of hydrogen-bond acceptors (Lipinski definition) is 10. The molecule has 58 heavy (non-hydrogen) atoms. The topological polar surface area (TPSA) is 188 Å². The highest BCUT2D eigenvalue weighted by atomic mass is 32.1. The molecule has 306 valence electrons. The number of hydrogen-bond donors (Lipinski definition) is 4. The number of aryl methyl sites for hydroxylation is 1. The number of rotatable bonds is 11. The van der Waals surface area contributed by atoms with E-state index in [1.54, 1.807) is 17.5 Å². The number of nitrogens with one attached hydrogen (secondary N) is 4. The molecule has 2 aromatic carbocycles. The maximum atomic E-state index is 13.7. The fraction of sp³-hybridized carbons (Fsp3) is 0.452. The van der Waals surface area contributed by atoms with Crippen molar-refractivity contribution >= 4 is 45.6 Å². The number of thiazole rings is 1. The second kappa shape index (κ2) is 17.0. The number of alkyl carbamates (subject to hydrolysis) is 2. The molecule has 0 saturated carbocycles. The van der Waals surface area contributed by atoms with Gasteiger partial charge in [-0.3, -0.25) is 9.59 Å². The van der Waals surface area contributed by atoms with Crippen molar-refractivity contribution < 1.29 is 28.7 Å².